The second-order valence-electron chi connectivity index (χ2n) is 4.38. The van der Waals surface area contributed by atoms with Gasteiger partial charge in [-0.3, -0.25) is 0 Å². The lowest BCUT2D eigenvalue weighted by Gasteiger charge is -2.16. The molecule has 2 rings (SSSR count). The second-order valence-corrected chi connectivity index (χ2v) is 4.38. The van der Waals surface area contributed by atoms with Gasteiger partial charge in [0.15, 0.2) is 0 Å². The number of nitrogens with two attached hydrogens (primary N) is 1. The van der Waals surface area contributed by atoms with Crippen molar-refractivity contribution < 1.29 is 9.53 Å². The van der Waals surface area contributed by atoms with Crippen LogP contribution in [0, 0.1) is 6.92 Å². The minimum Gasteiger partial charge on any atom is -0.462 e. The van der Waals surface area contributed by atoms with Crippen LogP contribution in [-0.2, 0) is 4.74 Å². The van der Waals surface area contributed by atoms with Gasteiger partial charge >= 0.3 is 5.97 Å². The fourth-order valence-corrected chi connectivity index (χ4v) is 1.99. The standard InChI is InChI=1S/C12H18N4O2/c1-3-18-11(17)10-6-14-12(15-8(10)2)16-5-4-9(13)7-16/h6,9H,3-5,7,13H2,1-2H3. The van der Waals surface area contributed by atoms with Crippen LogP contribution >= 0.6 is 0 Å². The van der Waals surface area contributed by atoms with E-state index in [1.54, 1.807) is 13.8 Å². The number of aryl methyl sites for hydroxylation is 1. The molecule has 1 saturated heterocycles. The van der Waals surface area contributed by atoms with Crippen LogP contribution in [0.25, 0.3) is 0 Å². The van der Waals surface area contributed by atoms with E-state index in [-0.39, 0.29) is 12.0 Å². The number of aromatic nitrogens is 2. The molecule has 6 nitrogen and oxygen atoms in total. The topological polar surface area (TPSA) is 81.3 Å². The number of rotatable bonds is 3. The molecule has 0 spiro atoms. The van der Waals surface area contributed by atoms with Crippen LogP contribution in [-0.4, -0.2) is 41.7 Å². The Morgan fingerprint density at radius 1 is 1.67 bits per heavy atom. The van der Waals surface area contributed by atoms with Crippen molar-refractivity contribution >= 4 is 11.9 Å². The molecule has 98 valence electrons. The van der Waals surface area contributed by atoms with Gasteiger partial charge < -0.3 is 15.4 Å². The highest BCUT2D eigenvalue weighted by Gasteiger charge is 2.22. The summed E-state index contributed by atoms with van der Waals surface area (Å²) in [6, 6.07) is 0.179. The molecule has 0 radical (unpaired) electrons. The molecule has 1 aliphatic rings. The van der Waals surface area contributed by atoms with Gasteiger partial charge in [-0.1, -0.05) is 0 Å². The summed E-state index contributed by atoms with van der Waals surface area (Å²) in [4.78, 5) is 22.2. The summed E-state index contributed by atoms with van der Waals surface area (Å²) in [6.45, 7) is 5.53. The molecule has 0 aliphatic carbocycles. The van der Waals surface area contributed by atoms with Gasteiger partial charge in [0.05, 0.1) is 17.9 Å². The molecule has 1 aromatic heterocycles. The van der Waals surface area contributed by atoms with Gasteiger partial charge in [-0.15, -0.1) is 0 Å². The molecule has 1 unspecified atom stereocenters. The normalized spacial score (nSPS) is 19.1. The SMILES string of the molecule is CCOC(=O)c1cnc(N2CCC(N)C2)nc1C. The average Bonchev–Trinajstić information content (AvgIpc) is 2.76. The van der Waals surface area contributed by atoms with E-state index in [1.165, 1.54) is 6.20 Å². The second kappa shape index (κ2) is 5.30. The Balaban J connectivity index is 2.17. The third kappa shape index (κ3) is 2.59. The fraction of sp³-hybridized carbons (Fsp3) is 0.583. The molecule has 0 saturated carbocycles. The largest absolute Gasteiger partial charge is 0.462 e. The van der Waals surface area contributed by atoms with E-state index in [2.05, 4.69) is 9.97 Å². The average molecular weight is 250 g/mol. The summed E-state index contributed by atoms with van der Waals surface area (Å²) in [7, 11) is 0. The summed E-state index contributed by atoms with van der Waals surface area (Å²) in [5.74, 6) is 0.258. The molecule has 0 amide bonds. The Kier molecular flexibility index (Phi) is 3.76. The highest BCUT2D eigenvalue weighted by atomic mass is 16.5. The van der Waals surface area contributed by atoms with Gasteiger partial charge in [0, 0.05) is 25.3 Å². The number of esters is 1. The first-order valence-corrected chi connectivity index (χ1v) is 6.13. The minimum absolute atomic E-state index is 0.179. The van der Waals surface area contributed by atoms with Crippen molar-refractivity contribution in [3.63, 3.8) is 0 Å². The highest BCUT2D eigenvalue weighted by molar-refractivity contribution is 5.90. The summed E-state index contributed by atoms with van der Waals surface area (Å²) in [6.07, 6.45) is 2.47. The van der Waals surface area contributed by atoms with Crippen LogP contribution < -0.4 is 10.6 Å². The van der Waals surface area contributed by atoms with Crippen molar-refractivity contribution in [3.8, 4) is 0 Å². The van der Waals surface area contributed by atoms with Crippen LogP contribution in [0.15, 0.2) is 6.20 Å². The quantitative estimate of drug-likeness (QED) is 0.787. The van der Waals surface area contributed by atoms with Gasteiger partial charge in [-0.2, -0.15) is 0 Å². The number of carbonyl (C=O) groups is 1. The summed E-state index contributed by atoms with van der Waals surface area (Å²) < 4.78 is 4.94. The van der Waals surface area contributed by atoms with Crippen LogP contribution in [0.3, 0.4) is 0 Å². The number of ether oxygens (including phenoxy) is 1. The van der Waals surface area contributed by atoms with Crippen molar-refractivity contribution in [3.05, 3.63) is 17.5 Å². The van der Waals surface area contributed by atoms with Gasteiger partial charge in [-0.25, -0.2) is 14.8 Å². The molecule has 1 fully saturated rings. The Bertz CT molecular complexity index is 450. The molecular weight excluding hydrogens is 232 g/mol. The molecule has 6 heteroatoms. The number of anilines is 1. The Morgan fingerprint density at radius 2 is 2.44 bits per heavy atom. The van der Waals surface area contributed by atoms with Crippen molar-refractivity contribution in [2.75, 3.05) is 24.6 Å². The first-order chi connectivity index (χ1) is 8.61. The molecule has 2 N–H and O–H groups in total. The zero-order valence-corrected chi connectivity index (χ0v) is 10.7. The fourth-order valence-electron chi connectivity index (χ4n) is 1.99. The lowest BCUT2D eigenvalue weighted by Crippen LogP contribution is -2.28. The Morgan fingerprint density at radius 3 is 3.00 bits per heavy atom. The molecule has 1 aromatic rings. The smallest absolute Gasteiger partial charge is 0.341 e. The first kappa shape index (κ1) is 12.8. The predicted molar refractivity (Wildman–Crippen MR) is 67.5 cm³/mol. The van der Waals surface area contributed by atoms with Crippen LogP contribution in [0.2, 0.25) is 0 Å². The molecular formula is C12H18N4O2. The van der Waals surface area contributed by atoms with E-state index in [9.17, 15) is 4.79 Å². The van der Waals surface area contributed by atoms with Crippen LogP contribution in [0.4, 0.5) is 5.95 Å². The van der Waals surface area contributed by atoms with E-state index in [4.69, 9.17) is 10.5 Å². The van der Waals surface area contributed by atoms with Crippen molar-refractivity contribution in [2.45, 2.75) is 26.3 Å². The van der Waals surface area contributed by atoms with Gasteiger partial charge in [0.25, 0.3) is 0 Å². The molecule has 1 aliphatic heterocycles. The van der Waals surface area contributed by atoms with Gasteiger partial charge in [0.2, 0.25) is 5.95 Å². The maximum atomic E-state index is 11.6. The number of nitrogens with zero attached hydrogens (tertiary/aromatic N) is 3. The lowest BCUT2D eigenvalue weighted by atomic mass is 10.2. The van der Waals surface area contributed by atoms with E-state index in [0.29, 0.717) is 23.8 Å². The number of hydrogen-bond acceptors (Lipinski definition) is 6. The molecule has 0 bridgehead atoms. The molecule has 0 aromatic carbocycles. The highest BCUT2D eigenvalue weighted by Crippen LogP contribution is 2.16. The maximum Gasteiger partial charge on any atom is 0.341 e. The predicted octanol–water partition coefficient (Wildman–Crippen LogP) is 0.499. The zero-order valence-electron chi connectivity index (χ0n) is 10.7. The first-order valence-electron chi connectivity index (χ1n) is 6.13. The van der Waals surface area contributed by atoms with Crippen molar-refractivity contribution in [1.82, 2.24) is 9.97 Å². The van der Waals surface area contributed by atoms with Crippen molar-refractivity contribution in [2.24, 2.45) is 5.73 Å². The third-order valence-corrected chi connectivity index (χ3v) is 2.97. The molecule has 1 atom stereocenters. The number of hydrogen-bond donors (Lipinski definition) is 1. The number of carbonyl (C=O) groups excluding carboxylic acids is 1. The van der Waals surface area contributed by atoms with Gasteiger partial charge in [-0.05, 0) is 20.3 Å². The van der Waals surface area contributed by atoms with E-state index < -0.39 is 0 Å². The summed E-state index contributed by atoms with van der Waals surface area (Å²) in [5.41, 5.74) is 6.91. The third-order valence-electron chi connectivity index (χ3n) is 2.97. The van der Waals surface area contributed by atoms with Crippen molar-refractivity contribution in [1.29, 1.82) is 0 Å². The van der Waals surface area contributed by atoms with Gasteiger partial charge in [0.1, 0.15) is 0 Å². The molecule has 18 heavy (non-hydrogen) atoms. The summed E-state index contributed by atoms with van der Waals surface area (Å²) >= 11 is 0. The molecule has 2 heterocycles. The van der Waals surface area contributed by atoms with Crippen LogP contribution in [0.1, 0.15) is 29.4 Å². The minimum atomic E-state index is -0.375. The van der Waals surface area contributed by atoms with Crippen LogP contribution in [0.5, 0.6) is 0 Å². The lowest BCUT2D eigenvalue weighted by molar-refractivity contribution is 0.0524. The summed E-state index contributed by atoms with van der Waals surface area (Å²) in [5, 5.41) is 0. The Labute approximate surface area is 106 Å². The van der Waals surface area contributed by atoms with E-state index in [1.807, 2.05) is 4.90 Å². The Hall–Kier alpha value is -1.69. The van der Waals surface area contributed by atoms with E-state index >= 15 is 0 Å². The zero-order chi connectivity index (χ0) is 13.1. The maximum absolute atomic E-state index is 11.6. The van der Waals surface area contributed by atoms with E-state index in [0.717, 1.165) is 19.5 Å². The monoisotopic (exact) mass is 250 g/mol.